The summed E-state index contributed by atoms with van der Waals surface area (Å²) in [5.41, 5.74) is 7.03. The maximum atomic E-state index is 14.7. The molecule has 0 bridgehead atoms. The normalized spacial score (nSPS) is 22.7. The predicted octanol–water partition coefficient (Wildman–Crippen LogP) is 3.04. The van der Waals surface area contributed by atoms with Gasteiger partial charge in [0.2, 0.25) is 0 Å². The van der Waals surface area contributed by atoms with Gasteiger partial charge in [0.05, 0.1) is 5.75 Å². The maximum absolute atomic E-state index is 14.7. The number of nitrogens with zero attached hydrogens (tertiary/aromatic N) is 2. The van der Waals surface area contributed by atoms with Crippen LogP contribution in [0.15, 0.2) is 41.7 Å². The number of aliphatic imine (C=N–C) groups is 1. The van der Waals surface area contributed by atoms with E-state index in [0.717, 1.165) is 11.1 Å². The van der Waals surface area contributed by atoms with Crippen molar-refractivity contribution in [3.8, 4) is 23.0 Å². The SMILES string of the molecule is CC#Cc1cncc(-c2ccc(F)c(C3(C)CS(=O)(=O)C(C)(C)C(N)=N3)c2)c1. The zero-order chi connectivity index (χ0) is 20.7. The van der Waals surface area contributed by atoms with Crippen LogP contribution in [0.2, 0.25) is 0 Å². The van der Waals surface area contributed by atoms with Crippen molar-refractivity contribution < 1.29 is 12.8 Å². The predicted molar refractivity (Wildman–Crippen MR) is 109 cm³/mol. The van der Waals surface area contributed by atoms with E-state index in [0.29, 0.717) is 5.56 Å². The lowest BCUT2D eigenvalue weighted by Gasteiger charge is -2.38. The third-order valence-electron chi connectivity index (χ3n) is 5.12. The van der Waals surface area contributed by atoms with Crippen LogP contribution in [-0.2, 0) is 15.4 Å². The largest absolute Gasteiger partial charge is 0.386 e. The zero-order valence-electron chi connectivity index (χ0n) is 16.2. The first-order valence-electron chi connectivity index (χ1n) is 8.76. The minimum absolute atomic E-state index is 0.0204. The molecular weight excluding hydrogens is 377 g/mol. The molecule has 0 radical (unpaired) electrons. The van der Waals surface area contributed by atoms with Crippen molar-refractivity contribution in [3.05, 3.63) is 53.6 Å². The highest BCUT2D eigenvalue weighted by Crippen LogP contribution is 2.39. The Morgan fingerprint density at radius 2 is 1.86 bits per heavy atom. The molecule has 2 aromatic rings. The molecule has 5 nitrogen and oxygen atoms in total. The molecule has 1 unspecified atom stereocenters. The lowest BCUT2D eigenvalue weighted by atomic mass is 9.90. The van der Waals surface area contributed by atoms with E-state index in [2.05, 4.69) is 21.8 Å². The standard InChI is InChI=1S/C21H22FN3O2S/c1-5-6-14-9-16(12-24-11-14)15-7-8-18(22)17(10-15)21(4)13-28(26,27)20(2,3)19(23)25-21/h7-12H,13H2,1-4H3,(H2,23,25). The molecule has 0 saturated carbocycles. The lowest BCUT2D eigenvalue weighted by Crippen LogP contribution is -2.54. The molecule has 146 valence electrons. The second-order valence-electron chi connectivity index (χ2n) is 7.57. The number of rotatable bonds is 2. The molecule has 1 atom stereocenters. The quantitative estimate of drug-likeness (QED) is 0.787. The van der Waals surface area contributed by atoms with Crippen LogP contribution < -0.4 is 5.73 Å². The van der Waals surface area contributed by atoms with Gasteiger partial charge in [0.1, 0.15) is 21.9 Å². The van der Waals surface area contributed by atoms with E-state index < -0.39 is 25.9 Å². The average molecular weight is 399 g/mol. The smallest absolute Gasteiger partial charge is 0.165 e. The Bertz CT molecular complexity index is 1140. The monoisotopic (exact) mass is 399 g/mol. The van der Waals surface area contributed by atoms with Gasteiger partial charge in [0.25, 0.3) is 0 Å². The molecular formula is C21H22FN3O2S. The Hall–Kier alpha value is -2.72. The fourth-order valence-electron chi connectivity index (χ4n) is 3.21. The van der Waals surface area contributed by atoms with Gasteiger partial charge in [-0.25, -0.2) is 12.8 Å². The fourth-order valence-corrected chi connectivity index (χ4v) is 4.89. The Balaban J connectivity index is 2.16. The second kappa shape index (κ2) is 6.71. The van der Waals surface area contributed by atoms with Crippen molar-refractivity contribution in [2.45, 2.75) is 38.0 Å². The first-order valence-corrected chi connectivity index (χ1v) is 10.4. The third kappa shape index (κ3) is 3.29. The van der Waals surface area contributed by atoms with Crippen LogP contribution in [0.3, 0.4) is 0 Å². The summed E-state index contributed by atoms with van der Waals surface area (Å²) >= 11 is 0. The summed E-state index contributed by atoms with van der Waals surface area (Å²) in [6.07, 6.45) is 3.30. The van der Waals surface area contributed by atoms with Crippen molar-refractivity contribution in [1.82, 2.24) is 4.98 Å². The molecule has 0 saturated heterocycles. The average Bonchev–Trinajstić information content (AvgIpc) is 2.60. The van der Waals surface area contributed by atoms with Crippen LogP contribution in [0.25, 0.3) is 11.1 Å². The summed E-state index contributed by atoms with van der Waals surface area (Å²) in [7, 11) is -3.63. The Morgan fingerprint density at radius 1 is 1.14 bits per heavy atom. The first-order chi connectivity index (χ1) is 13.0. The van der Waals surface area contributed by atoms with Gasteiger partial charge in [0.15, 0.2) is 9.84 Å². The summed E-state index contributed by atoms with van der Waals surface area (Å²) in [6, 6.07) is 6.39. The van der Waals surface area contributed by atoms with Crippen molar-refractivity contribution in [2.24, 2.45) is 10.7 Å². The highest BCUT2D eigenvalue weighted by molar-refractivity contribution is 7.93. The molecule has 2 N–H and O–H groups in total. The van der Waals surface area contributed by atoms with Gasteiger partial charge in [0, 0.05) is 29.1 Å². The lowest BCUT2D eigenvalue weighted by molar-refractivity contribution is 0.476. The Kier molecular flexibility index (Phi) is 4.80. The van der Waals surface area contributed by atoms with E-state index in [9.17, 15) is 12.8 Å². The summed E-state index contributed by atoms with van der Waals surface area (Å²) in [5.74, 6) is 4.87. The Labute approximate surface area is 164 Å². The van der Waals surface area contributed by atoms with Crippen LogP contribution >= 0.6 is 0 Å². The minimum atomic E-state index is -3.63. The molecule has 0 spiro atoms. The van der Waals surface area contributed by atoms with Crippen LogP contribution in [-0.4, -0.2) is 29.7 Å². The van der Waals surface area contributed by atoms with E-state index in [1.807, 2.05) is 6.07 Å². The molecule has 3 rings (SSSR count). The number of nitrogens with two attached hydrogens (primary N) is 1. The number of benzene rings is 1. The second-order valence-corrected chi connectivity index (χ2v) is 10.1. The summed E-state index contributed by atoms with van der Waals surface area (Å²) in [4.78, 5) is 8.59. The molecule has 0 fully saturated rings. The number of halogens is 1. The molecule has 0 aliphatic carbocycles. The molecule has 28 heavy (non-hydrogen) atoms. The van der Waals surface area contributed by atoms with Crippen molar-refractivity contribution in [3.63, 3.8) is 0 Å². The first kappa shape index (κ1) is 20.0. The van der Waals surface area contributed by atoms with Gasteiger partial charge in [-0.15, -0.1) is 5.92 Å². The molecule has 0 amide bonds. The highest BCUT2D eigenvalue weighted by Gasteiger charge is 2.49. The van der Waals surface area contributed by atoms with Crippen LogP contribution in [0, 0.1) is 17.7 Å². The molecule has 1 aliphatic heterocycles. The van der Waals surface area contributed by atoms with Crippen LogP contribution in [0.1, 0.15) is 38.8 Å². The van der Waals surface area contributed by atoms with Gasteiger partial charge < -0.3 is 5.73 Å². The van der Waals surface area contributed by atoms with Gasteiger partial charge in [-0.1, -0.05) is 12.0 Å². The zero-order valence-corrected chi connectivity index (χ0v) is 17.1. The van der Waals surface area contributed by atoms with Crippen molar-refractivity contribution >= 4 is 15.7 Å². The van der Waals surface area contributed by atoms with Gasteiger partial charge >= 0.3 is 0 Å². The molecule has 1 aromatic heterocycles. The van der Waals surface area contributed by atoms with Gasteiger partial charge in [-0.3, -0.25) is 9.98 Å². The molecule has 1 aliphatic rings. The highest BCUT2D eigenvalue weighted by atomic mass is 32.2. The van der Waals surface area contributed by atoms with E-state index in [1.54, 1.807) is 38.4 Å². The van der Waals surface area contributed by atoms with Crippen LogP contribution in [0.5, 0.6) is 0 Å². The third-order valence-corrected chi connectivity index (χ3v) is 7.83. The van der Waals surface area contributed by atoms with E-state index in [1.165, 1.54) is 19.9 Å². The number of hydrogen-bond donors (Lipinski definition) is 1. The topological polar surface area (TPSA) is 85.4 Å². The van der Waals surface area contributed by atoms with E-state index in [-0.39, 0.29) is 17.2 Å². The molecule has 2 heterocycles. The van der Waals surface area contributed by atoms with E-state index >= 15 is 0 Å². The van der Waals surface area contributed by atoms with Gasteiger partial charge in [-0.05, 0) is 51.5 Å². The molecule has 1 aromatic carbocycles. The Morgan fingerprint density at radius 3 is 2.50 bits per heavy atom. The summed E-state index contributed by atoms with van der Waals surface area (Å²) in [6.45, 7) is 6.35. The number of aromatic nitrogens is 1. The van der Waals surface area contributed by atoms with Crippen molar-refractivity contribution in [1.29, 1.82) is 0 Å². The number of amidine groups is 1. The van der Waals surface area contributed by atoms with E-state index in [4.69, 9.17) is 5.73 Å². The number of hydrogen-bond acceptors (Lipinski definition) is 5. The number of sulfone groups is 1. The summed E-state index contributed by atoms with van der Waals surface area (Å²) < 4.78 is 39.0. The minimum Gasteiger partial charge on any atom is -0.386 e. The van der Waals surface area contributed by atoms with Crippen LogP contribution in [0.4, 0.5) is 4.39 Å². The van der Waals surface area contributed by atoms with Gasteiger partial charge in [-0.2, -0.15) is 0 Å². The maximum Gasteiger partial charge on any atom is 0.165 e. The number of pyridine rings is 1. The van der Waals surface area contributed by atoms with Crippen molar-refractivity contribution in [2.75, 3.05) is 5.75 Å². The summed E-state index contributed by atoms with van der Waals surface area (Å²) in [5, 5.41) is 0. The fraction of sp³-hybridized carbons (Fsp3) is 0.333. The molecule has 7 heteroatoms.